The summed E-state index contributed by atoms with van der Waals surface area (Å²) in [6, 6.07) is 1.12. The van der Waals surface area contributed by atoms with Crippen LogP contribution < -0.4 is 10.5 Å². The van der Waals surface area contributed by atoms with Gasteiger partial charge in [-0.05, 0) is 38.1 Å². The third-order valence-electron chi connectivity index (χ3n) is 2.24. The SMILES string of the molecule is CNS(=O)(=O)c1c(C)cc(F)c(N)c1C. The van der Waals surface area contributed by atoms with Gasteiger partial charge in [-0.25, -0.2) is 17.5 Å². The van der Waals surface area contributed by atoms with Gasteiger partial charge in [0, 0.05) is 0 Å². The Morgan fingerprint density at radius 2 is 1.93 bits per heavy atom. The summed E-state index contributed by atoms with van der Waals surface area (Å²) in [5.41, 5.74) is 5.88. The zero-order chi connectivity index (χ0) is 11.8. The summed E-state index contributed by atoms with van der Waals surface area (Å²) < 4.78 is 38.6. The van der Waals surface area contributed by atoms with Gasteiger partial charge in [-0.2, -0.15) is 0 Å². The number of nitrogens with one attached hydrogen (secondary N) is 1. The highest BCUT2D eigenvalue weighted by Crippen LogP contribution is 2.26. The first-order chi connectivity index (χ1) is 6.81. The normalized spacial score (nSPS) is 11.7. The van der Waals surface area contributed by atoms with E-state index in [1.165, 1.54) is 20.9 Å². The Balaban J connectivity index is 3.65. The number of benzene rings is 1. The first kappa shape index (κ1) is 11.9. The van der Waals surface area contributed by atoms with E-state index in [1.54, 1.807) is 0 Å². The van der Waals surface area contributed by atoms with Crippen molar-refractivity contribution in [1.82, 2.24) is 4.72 Å². The molecule has 0 radical (unpaired) electrons. The zero-order valence-corrected chi connectivity index (χ0v) is 9.57. The second kappa shape index (κ2) is 3.79. The number of hydrogen-bond acceptors (Lipinski definition) is 3. The summed E-state index contributed by atoms with van der Waals surface area (Å²) in [5, 5.41) is 0. The van der Waals surface area contributed by atoms with E-state index in [0.29, 0.717) is 5.56 Å². The second-order valence-electron chi connectivity index (χ2n) is 3.25. The van der Waals surface area contributed by atoms with Crippen molar-refractivity contribution in [3.8, 4) is 0 Å². The molecular formula is C9H13FN2O2S. The minimum absolute atomic E-state index is 0.0453. The predicted octanol–water partition coefficient (Wildman–Crippen LogP) is 0.933. The molecule has 0 saturated heterocycles. The van der Waals surface area contributed by atoms with Crippen LogP contribution in [0.15, 0.2) is 11.0 Å². The molecule has 1 aromatic carbocycles. The number of aryl methyl sites for hydroxylation is 1. The van der Waals surface area contributed by atoms with E-state index in [2.05, 4.69) is 4.72 Å². The molecule has 3 N–H and O–H groups in total. The van der Waals surface area contributed by atoms with Crippen molar-refractivity contribution in [1.29, 1.82) is 0 Å². The highest BCUT2D eigenvalue weighted by atomic mass is 32.2. The van der Waals surface area contributed by atoms with Crippen LogP contribution in [0.25, 0.3) is 0 Å². The van der Waals surface area contributed by atoms with Crippen molar-refractivity contribution in [3.05, 3.63) is 23.0 Å². The molecule has 1 aromatic rings. The smallest absolute Gasteiger partial charge is 0.240 e. The van der Waals surface area contributed by atoms with E-state index in [0.717, 1.165) is 6.07 Å². The Morgan fingerprint density at radius 3 is 2.40 bits per heavy atom. The fraction of sp³-hybridized carbons (Fsp3) is 0.333. The van der Waals surface area contributed by atoms with Crippen LogP contribution >= 0.6 is 0 Å². The maximum atomic E-state index is 13.2. The minimum Gasteiger partial charge on any atom is -0.396 e. The third kappa shape index (κ3) is 1.95. The summed E-state index contributed by atoms with van der Waals surface area (Å²) in [6.45, 7) is 3.01. The van der Waals surface area contributed by atoms with Crippen LogP contribution in [0.3, 0.4) is 0 Å². The summed E-state index contributed by atoms with van der Waals surface area (Å²) in [7, 11) is -2.30. The summed E-state index contributed by atoms with van der Waals surface area (Å²) in [4.78, 5) is 0.0453. The number of nitrogen functional groups attached to an aromatic ring is 1. The van der Waals surface area contributed by atoms with Crippen molar-refractivity contribution >= 4 is 15.7 Å². The molecule has 0 atom stereocenters. The van der Waals surface area contributed by atoms with E-state index in [-0.39, 0.29) is 16.1 Å². The molecule has 0 fully saturated rings. The van der Waals surface area contributed by atoms with Crippen molar-refractivity contribution in [2.24, 2.45) is 0 Å². The Hall–Kier alpha value is -1.14. The maximum Gasteiger partial charge on any atom is 0.240 e. The number of hydrogen-bond donors (Lipinski definition) is 2. The van der Waals surface area contributed by atoms with Gasteiger partial charge in [0.1, 0.15) is 5.82 Å². The molecular weight excluding hydrogens is 219 g/mol. The quantitative estimate of drug-likeness (QED) is 0.745. The third-order valence-corrected chi connectivity index (χ3v) is 3.94. The summed E-state index contributed by atoms with van der Waals surface area (Å²) in [6.07, 6.45) is 0. The van der Waals surface area contributed by atoms with Crippen molar-refractivity contribution in [2.45, 2.75) is 18.7 Å². The summed E-state index contributed by atoms with van der Waals surface area (Å²) >= 11 is 0. The van der Waals surface area contributed by atoms with Gasteiger partial charge in [0.2, 0.25) is 10.0 Å². The van der Waals surface area contributed by atoms with Crippen LogP contribution in [0.5, 0.6) is 0 Å². The molecule has 84 valence electrons. The molecule has 0 heterocycles. The van der Waals surface area contributed by atoms with Gasteiger partial charge in [-0.1, -0.05) is 0 Å². The lowest BCUT2D eigenvalue weighted by Gasteiger charge is -2.12. The van der Waals surface area contributed by atoms with Crippen molar-refractivity contribution < 1.29 is 12.8 Å². The molecule has 0 aliphatic heterocycles. The molecule has 1 rings (SSSR count). The highest BCUT2D eigenvalue weighted by molar-refractivity contribution is 7.89. The Kier molecular flexibility index (Phi) is 3.01. The maximum absolute atomic E-state index is 13.2. The average molecular weight is 232 g/mol. The van der Waals surface area contributed by atoms with E-state index >= 15 is 0 Å². The number of sulfonamides is 1. The van der Waals surface area contributed by atoms with Gasteiger partial charge >= 0.3 is 0 Å². The van der Waals surface area contributed by atoms with E-state index in [9.17, 15) is 12.8 Å². The van der Waals surface area contributed by atoms with Gasteiger partial charge in [0.05, 0.1) is 10.6 Å². The Bertz CT molecular complexity index is 497. The van der Waals surface area contributed by atoms with Crippen molar-refractivity contribution in [3.63, 3.8) is 0 Å². The molecule has 15 heavy (non-hydrogen) atoms. The average Bonchev–Trinajstić information content (AvgIpc) is 2.14. The van der Waals surface area contributed by atoms with Gasteiger partial charge in [0.25, 0.3) is 0 Å². The standard InChI is InChI=1S/C9H13FN2O2S/c1-5-4-7(10)8(11)6(2)9(5)15(13,14)12-3/h4,12H,11H2,1-3H3. The zero-order valence-electron chi connectivity index (χ0n) is 8.76. The summed E-state index contributed by atoms with van der Waals surface area (Å²) in [5.74, 6) is -0.597. The lowest BCUT2D eigenvalue weighted by Crippen LogP contribution is -2.21. The Labute approximate surface area is 88.3 Å². The molecule has 0 aliphatic carbocycles. The van der Waals surface area contributed by atoms with E-state index in [1.807, 2.05) is 0 Å². The monoisotopic (exact) mass is 232 g/mol. The van der Waals surface area contributed by atoms with Crippen molar-refractivity contribution in [2.75, 3.05) is 12.8 Å². The van der Waals surface area contributed by atoms with Gasteiger partial charge in [-0.3, -0.25) is 0 Å². The number of anilines is 1. The molecule has 0 amide bonds. The fourth-order valence-electron chi connectivity index (χ4n) is 1.45. The van der Waals surface area contributed by atoms with Crippen LogP contribution in [-0.2, 0) is 10.0 Å². The van der Waals surface area contributed by atoms with Crippen LogP contribution in [0, 0.1) is 19.7 Å². The molecule has 0 aliphatic rings. The molecule has 0 aromatic heterocycles. The second-order valence-corrected chi connectivity index (χ2v) is 5.07. The number of halogens is 1. The largest absolute Gasteiger partial charge is 0.396 e. The highest BCUT2D eigenvalue weighted by Gasteiger charge is 2.21. The van der Waals surface area contributed by atoms with Gasteiger partial charge in [0.15, 0.2) is 0 Å². The van der Waals surface area contributed by atoms with E-state index in [4.69, 9.17) is 5.73 Å². The predicted molar refractivity (Wildman–Crippen MR) is 56.5 cm³/mol. The molecule has 4 nitrogen and oxygen atoms in total. The van der Waals surface area contributed by atoms with Crippen LogP contribution in [0.1, 0.15) is 11.1 Å². The molecule has 6 heteroatoms. The van der Waals surface area contributed by atoms with Crippen LogP contribution in [0.4, 0.5) is 10.1 Å². The number of rotatable bonds is 2. The topological polar surface area (TPSA) is 72.2 Å². The first-order valence-corrected chi connectivity index (χ1v) is 5.78. The minimum atomic E-state index is -3.60. The van der Waals surface area contributed by atoms with Crippen LogP contribution in [0.2, 0.25) is 0 Å². The molecule has 0 bridgehead atoms. The van der Waals surface area contributed by atoms with Gasteiger partial charge < -0.3 is 5.73 Å². The lowest BCUT2D eigenvalue weighted by atomic mass is 10.1. The van der Waals surface area contributed by atoms with E-state index < -0.39 is 15.8 Å². The Morgan fingerprint density at radius 1 is 1.40 bits per heavy atom. The molecule has 0 unspecified atom stereocenters. The van der Waals surface area contributed by atoms with Gasteiger partial charge in [-0.15, -0.1) is 0 Å². The molecule has 0 spiro atoms. The van der Waals surface area contributed by atoms with Crippen LogP contribution in [-0.4, -0.2) is 15.5 Å². The number of nitrogens with two attached hydrogens (primary N) is 1. The first-order valence-electron chi connectivity index (χ1n) is 4.30. The fourth-order valence-corrected chi connectivity index (χ4v) is 2.65. The molecule has 0 saturated carbocycles. The lowest BCUT2D eigenvalue weighted by molar-refractivity contribution is 0.585.